The number of piperidine rings is 2. The molecule has 0 radical (unpaired) electrons. The van der Waals surface area contributed by atoms with Crippen LogP contribution in [-0.2, 0) is 11.3 Å². The molecule has 2 saturated heterocycles. The number of carbonyl (C=O) groups is 1. The Bertz CT molecular complexity index is 537. The highest BCUT2D eigenvalue weighted by atomic mass is 32.1. The highest BCUT2D eigenvalue weighted by Crippen LogP contribution is 2.26. The molecule has 24 heavy (non-hydrogen) atoms. The molecule has 132 valence electrons. The summed E-state index contributed by atoms with van der Waals surface area (Å²) in [5, 5.41) is 5.35. The van der Waals surface area contributed by atoms with Gasteiger partial charge in [-0.2, -0.15) is 0 Å². The molecule has 4 rings (SSSR count). The van der Waals surface area contributed by atoms with E-state index in [9.17, 15) is 4.79 Å². The minimum absolute atomic E-state index is 0.215. The lowest BCUT2D eigenvalue weighted by atomic mass is 9.93. The normalized spacial score (nSPS) is 27.2. The minimum Gasteiger partial charge on any atom is -0.353 e. The Morgan fingerprint density at radius 1 is 1.21 bits per heavy atom. The highest BCUT2D eigenvalue weighted by Gasteiger charge is 2.33. The average molecular weight is 349 g/mol. The van der Waals surface area contributed by atoms with Gasteiger partial charge in [0.2, 0.25) is 5.91 Å². The molecule has 0 bridgehead atoms. The van der Waals surface area contributed by atoms with Crippen LogP contribution in [-0.4, -0.2) is 59.0 Å². The van der Waals surface area contributed by atoms with E-state index in [1.807, 2.05) is 5.51 Å². The van der Waals surface area contributed by atoms with Gasteiger partial charge in [0, 0.05) is 43.6 Å². The van der Waals surface area contributed by atoms with E-state index in [2.05, 4.69) is 25.5 Å². The molecule has 5 nitrogen and oxygen atoms in total. The molecule has 1 aromatic rings. The summed E-state index contributed by atoms with van der Waals surface area (Å²) in [6, 6.07) is 1.15. The number of aromatic nitrogens is 1. The van der Waals surface area contributed by atoms with Crippen molar-refractivity contribution >= 4 is 17.2 Å². The predicted octanol–water partition coefficient (Wildman–Crippen LogP) is 2.10. The van der Waals surface area contributed by atoms with E-state index < -0.39 is 0 Å². The number of hydrogen-bond acceptors (Lipinski definition) is 5. The van der Waals surface area contributed by atoms with Gasteiger partial charge < -0.3 is 5.32 Å². The van der Waals surface area contributed by atoms with E-state index in [-0.39, 0.29) is 5.92 Å². The fourth-order valence-electron chi connectivity index (χ4n) is 4.09. The van der Waals surface area contributed by atoms with E-state index in [1.54, 1.807) is 11.3 Å². The summed E-state index contributed by atoms with van der Waals surface area (Å²) in [4.78, 5) is 21.9. The topological polar surface area (TPSA) is 48.5 Å². The lowest BCUT2D eigenvalue weighted by molar-refractivity contribution is -0.127. The maximum atomic E-state index is 12.4. The van der Waals surface area contributed by atoms with Crippen LogP contribution in [0.4, 0.5) is 0 Å². The summed E-state index contributed by atoms with van der Waals surface area (Å²) in [6.45, 7) is 5.43. The van der Waals surface area contributed by atoms with Gasteiger partial charge in [-0.1, -0.05) is 0 Å². The van der Waals surface area contributed by atoms with Gasteiger partial charge in [0.15, 0.2) is 0 Å². The van der Waals surface area contributed by atoms with E-state index >= 15 is 0 Å². The number of likely N-dealkylation sites (tertiary alicyclic amines) is 2. The molecule has 1 atom stereocenters. The first-order chi connectivity index (χ1) is 11.8. The third-order valence-corrected chi connectivity index (χ3v) is 6.33. The predicted molar refractivity (Wildman–Crippen MR) is 95.9 cm³/mol. The third-order valence-electron chi connectivity index (χ3n) is 5.69. The van der Waals surface area contributed by atoms with Gasteiger partial charge in [0.1, 0.15) is 0 Å². The van der Waals surface area contributed by atoms with Crippen molar-refractivity contribution in [3.05, 3.63) is 16.6 Å². The zero-order valence-corrected chi connectivity index (χ0v) is 15.1. The first-order valence-corrected chi connectivity index (χ1v) is 10.4. The van der Waals surface area contributed by atoms with Gasteiger partial charge in [0.25, 0.3) is 0 Å². The molecular formula is C18H28N4OS. The van der Waals surface area contributed by atoms with Crippen LogP contribution < -0.4 is 5.32 Å². The van der Waals surface area contributed by atoms with Crippen molar-refractivity contribution < 1.29 is 4.79 Å². The Morgan fingerprint density at radius 2 is 2.04 bits per heavy atom. The van der Waals surface area contributed by atoms with Gasteiger partial charge in [-0.15, -0.1) is 11.3 Å². The van der Waals surface area contributed by atoms with Crippen LogP contribution in [0.25, 0.3) is 0 Å². The quantitative estimate of drug-likeness (QED) is 0.885. The summed E-state index contributed by atoms with van der Waals surface area (Å²) in [6.07, 6.45) is 7.04. The Kier molecular flexibility index (Phi) is 5.15. The number of rotatable bonds is 5. The second-order valence-corrected chi connectivity index (χ2v) is 8.32. The van der Waals surface area contributed by atoms with Gasteiger partial charge in [-0.05, 0) is 45.1 Å². The molecular weight excluding hydrogens is 320 g/mol. The van der Waals surface area contributed by atoms with Crippen LogP contribution >= 0.6 is 11.3 Å². The van der Waals surface area contributed by atoms with Crippen LogP contribution in [0.1, 0.15) is 44.2 Å². The average Bonchev–Trinajstić information content (AvgIpc) is 3.28. The van der Waals surface area contributed by atoms with Crippen molar-refractivity contribution in [3.63, 3.8) is 0 Å². The van der Waals surface area contributed by atoms with Crippen LogP contribution in [0.3, 0.4) is 0 Å². The molecule has 2 aliphatic heterocycles. The molecule has 0 unspecified atom stereocenters. The zero-order valence-electron chi connectivity index (χ0n) is 14.3. The number of thiazole rings is 1. The largest absolute Gasteiger partial charge is 0.353 e. The van der Waals surface area contributed by atoms with E-state index in [0.29, 0.717) is 18.0 Å². The fourth-order valence-corrected chi connectivity index (χ4v) is 4.64. The van der Waals surface area contributed by atoms with Crippen molar-refractivity contribution in [3.8, 4) is 0 Å². The number of nitrogens with one attached hydrogen (secondary N) is 1. The van der Waals surface area contributed by atoms with Gasteiger partial charge >= 0.3 is 0 Å². The Balaban J connectivity index is 1.24. The first-order valence-electron chi connectivity index (χ1n) is 9.42. The van der Waals surface area contributed by atoms with Crippen LogP contribution in [0, 0.1) is 5.92 Å². The van der Waals surface area contributed by atoms with Crippen molar-refractivity contribution in [2.45, 2.75) is 57.2 Å². The second kappa shape index (κ2) is 7.50. The van der Waals surface area contributed by atoms with Crippen molar-refractivity contribution in [2.24, 2.45) is 5.92 Å². The number of hydrogen-bond donors (Lipinski definition) is 1. The van der Waals surface area contributed by atoms with Gasteiger partial charge in [-0.3, -0.25) is 14.6 Å². The molecule has 6 heteroatoms. The Morgan fingerprint density at radius 3 is 2.75 bits per heavy atom. The Labute approximate surface area is 148 Å². The third kappa shape index (κ3) is 4.16. The summed E-state index contributed by atoms with van der Waals surface area (Å²) in [5.74, 6) is 0.524. The van der Waals surface area contributed by atoms with Crippen LogP contribution in [0.2, 0.25) is 0 Å². The molecule has 3 aliphatic rings. The minimum atomic E-state index is 0.215. The zero-order chi connectivity index (χ0) is 16.4. The molecule has 1 saturated carbocycles. The van der Waals surface area contributed by atoms with Gasteiger partial charge in [0.05, 0.1) is 17.1 Å². The summed E-state index contributed by atoms with van der Waals surface area (Å²) >= 11 is 1.68. The summed E-state index contributed by atoms with van der Waals surface area (Å²) < 4.78 is 0. The molecule has 1 N–H and O–H groups in total. The highest BCUT2D eigenvalue weighted by molar-refractivity contribution is 7.07. The molecule has 1 aliphatic carbocycles. The smallest absolute Gasteiger partial charge is 0.224 e. The molecule has 0 spiro atoms. The van der Waals surface area contributed by atoms with E-state index in [1.165, 1.54) is 44.3 Å². The monoisotopic (exact) mass is 348 g/mol. The molecule has 0 aromatic carbocycles. The summed E-state index contributed by atoms with van der Waals surface area (Å²) in [7, 11) is 0. The molecule has 1 aromatic heterocycles. The fraction of sp³-hybridized carbons (Fsp3) is 0.778. The van der Waals surface area contributed by atoms with E-state index in [4.69, 9.17) is 0 Å². The lowest BCUT2D eigenvalue weighted by Crippen LogP contribution is -2.50. The van der Waals surface area contributed by atoms with Crippen molar-refractivity contribution in [1.29, 1.82) is 0 Å². The maximum Gasteiger partial charge on any atom is 0.224 e. The van der Waals surface area contributed by atoms with Crippen LogP contribution in [0.15, 0.2) is 10.9 Å². The van der Waals surface area contributed by atoms with Crippen molar-refractivity contribution in [1.82, 2.24) is 20.1 Å². The number of nitrogens with zero attached hydrogens (tertiary/aromatic N) is 3. The van der Waals surface area contributed by atoms with E-state index in [0.717, 1.165) is 32.6 Å². The standard InChI is InChI=1S/C18H28N4OS/c23-18(20-15-3-4-15)14-2-1-7-22(10-14)17-5-8-21(9-6-17)11-16-12-24-13-19-16/h12-15,17H,1-11H2,(H,20,23)/t14-/m0/s1. The number of amides is 1. The molecule has 1 amide bonds. The Hall–Kier alpha value is -0.980. The van der Waals surface area contributed by atoms with Crippen molar-refractivity contribution in [2.75, 3.05) is 26.2 Å². The first kappa shape index (κ1) is 16.5. The van der Waals surface area contributed by atoms with Gasteiger partial charge in [-0.25, -0.2) is 4.98 Å². The number of carbonyl (C=O) groups excluding carboxylic acids is 1. The molecule has 3 fully saturated rings. The van der Waals surface area contributed by atoms with Crippen LogP contribution in [0.5, 0.6) is 0 Å². The maximum absolute atomic E-state index is 12.4. The second-order valence-electron chi connectivity index (χ2n) is 7.60. The summed E-state index contributed by atoms with van der Waals surface area (Å²) in [5.41, 5.74) is 3.12. The lowest BCUT2D eigenvalue weighted by Gasteiger charge is -2.42. The molecule has 3 heterocycles. The SMILES string of the molecule is O=C(NC1CC1)[C@H]1CCCN(C2CCN(Cc3cscn3)CC2)C1.